The zero-order valence-electron chi connectivity index (χ0n) is 9.34. The van der Waals surface area contributed by atoms with E-state index in [9.17, 15) is 5.11 Å². The standard InChI is InChI=1S/C12H14N2OS/c1-3-9-4-6-10(7-5-9)11(15)12-8(2)13-14-16-12/h4-7,11,15H,3H2,1-2H3. The maximum atomic E-state index is 10.2. The number of hydrogen-bond acceptors (Lipinski definition) is 4. The summed E-state index contributed by atoms with van der Waals surface area (Å²) in [4.78, 5) is 0.823. The molecule has 0 fully saturated rings. The van der Waals surface area contributed by atoms with Gasteiger partial charge in [0.15, 0.2) is 0 Å². The summed E-state index contributed by atoms with van der Waals surface area (Å²) >= 11 is 1.25. The lowest BCUT2D eigenvalue weighted by atomic mass is 10.0. The van der Waals surface area contributed by atoms with Gasteiger partial charge in [0.05, 0.1) is 10.6 Å². The van der Waals surface area contributed by atoms with Crippen LogP contribution < -0.4 is 0 Å². The highest BCUT2D eigenvalue weighted by Gasteiger charge is 2.15. The van der Waals surface area contributed by atoms with Crippen LogP contribution in [0.5, 0.6) is 0 Å². The number of aryl methyl sites for hydroxylation is 2. The average Bonchev–Trinajstić information content (AvgIpc) is 2.75. The summed E-state index contributed by atoms with van der Waals surface area (Å²) < 4.78 is 3.83. The van der Waals surface area contributed by atoms with Gasteiger partial charge >= 0.3 is 0 Å². The summed E-state index contributed by atoms with van der Waals surface area (Å²) in [7, 11) is 0. The van der Waals surface area contributed by atoms with Crippen LogP contribution in [0.1, 0.15) is 34.7 Å². The first-order valence-electron chi connectivity index (χ1n) is 5.28. The van der Waals surface area contributed by atoms with Crippen molar-refractivity contribution in [1.82, 2.24) is 9.59 Å². The van der Waals surface area contributed by atoms with Crippen LogP contribution in [0.15, 0.2) is 24.3 Å². The van der Waals surface area contributed by atoms with Gasteiger partial charge < -0.3 is 5.11 Å². The zero-order chi connectivity index (χ0) is 11.5. The summed E-state index contributed by atoms with van der Waals surface area (Å²) in [5.41, 5.74) is 2.97. The van der Waals surface area contributed by atoms with Crippen molar-refractivity contribution in [2.24, 2.45) is 0 Å². The molecule has 0 aliphatic heterocycles. The molecule has 2 rings (SSSR count). The Kier molecular flexibility index (Phi) is 3.31. The smallest absolute Gasteiger partial charge is 0.117 e. The molecule has 1 N–H and O–H groups in total. The third kappa shape index (κ3) is 2.13. The Morgan fingerprint density at radius 2 is 2.00 bits per heavy atom. The van der Waals surface area contributed by atoms with Crippen molar-refractivity contribution in [3.8, 4) is 0 Å². The fraction of sp³-hybridized carbons (Fsp3) is 0.333. The fourth-order valence-corrected chi connectivity index (χ4v) is 2.24. The summed E-state index contributed by atoms with van der Waals surface area (Å²) in [6.07, 6.45) is 0.406. The van der Waals surface area contributed by atoms with Crippen molar-refractivity contribution in [2.45, 2.75) is 26.4 Å². The maximum Gasteiger partial charge on any atom is 0.117 e. The lowest BCUT2D eigenvalue weighted by molar-refractivity contribution is 0.223. The molecular weight excluding hydrogens is 220 g/mol. The first kappa shape index (κ1) is 11.2. The second-order valence-corrected chi connectivity index (χ2v) is 4.51. The van der Waals surface area contributed by atoms with E-state index >= 15 is 0 Å². The Labute approximate surface area is 98.9 Å². The molecule has 84 valence electrons. The van der Waals surface area contributed by atoms with Crippen molar-refractivity contribution in [1.29, 1.82) is 0 Å². The largest absolute Gasteiger partial charge is 0.383 e. The molecule has 3 nitrogen and oxygen atoms in total. The Bertz CT molecular complexity index is 464. The molecule has 0 saturated heterocycles. The predicted octanol–water partition coefficient (Wildman–Crippen LogP) is 2.49. The minimum Gasteiger partial charge on any atom is -0.383 e. The molecule has 0 aliphatic carbocycles. The lowest BCUT2D eigenvalue weighted by Gasteiger charge is -2.09. The van der Waals surface area contributed by atoms with Gasteiger partial charge in [-0.05, 0) is 36.0 Å². The number of aromatic nitrogens is 2. The number of aliphatic hydroxyl groups is 1. The molecule has 1 aromatic heterocycles. The molecule has 0 aliphatic rings. The molecule has 0 spiro atoms. The predicted molar refractivity (Wildman–Crippen MR) is 64.5 cm³/mol. The minimum atomic E-state index is -0.606. The summed E-state index contributed by atoms with van der Waals surface area (Å²) in [5.74, 6) is 0. The normalized spacial score (nSPS) is 12.7. The molecule has 0 bridgehead atoms. The van der Waals surface area contributed by atoms with E-state index in [1.807, 2.05) is 31.2 Å². The van der Waals surface area contributed by atoms with Gasteiger partial charge in [-0.3, -0.25) is 0 Å². The van der Waals surface area contributed by atoms with E-state index in [1.165, 1.54) is 17.1 Å². The molecule has 16 heavy (non-hydrogen) atoms. The highest BCUT2D eigenvalue weighted by molar-refractivity contribution is 7.05. The van der Waals surface area contributed by atoms with E-state index in [1.54, 1.807) is 0 Å². The van der Waals surface area contributed by atoms with Crippen molar-refractivity contribution < 1.29 is 5.11 Å². The Morgan fingerprint density at radius 1 is 1.31 bits per heavy atom. The van der Waals surface area contributed by atoms with E-state index in [2.05, 4.69) is 16.5 Å². The third-order valence-corrected chi connectivity index (χ3v) is 3.52. The van der Waals surface area contributed by atoms with Gasteiger partial charge in [-0.15, -0.1) is 5.10 Å². The Hall–Kier alpha value is -1.26. The lowest BCUT2D eigenvalue weighted by Crippen LogP contribution is -1.99. The number of rotatable bonds is 3. The second kappa shape index (κ2) is 4.72. The highest BCUT2D eigenvalue weighted by Crippen LogP contribution is 2.26. The van der Waals surface area contributed by atoms with Crippen molar-refractivity contribution in [2.75, 3.05) is 0 Å². The van der Waals surface area contributed by atoms with Crippen LogP contribution in [0.4, 0.5) is 0 Å². The second-order valence-electron chi connectivity index (χ2n) is 3.72. The number of benzene rings is 1. The third-order valence-electron chi connectivity index (χ3n) is 2.64. The molecule has 0 amide bonds. The zero-order valence-corrected chi connectivity index (χ0v) is 10.2. The van der Waals surface area contributed by atoms with Gasteiger partial charge in [0.1, 0.15) is 6.10 Å². The number of hydrogen-bond donors (Lipinski definition) is 1. The van der Waals surface area contributed by atoms with Gasteiger partial charge in [-0.1, -0.05) is 35.7 Å². The fourth-order valence-electron chi connectivity index (χ4n) is 1.58. The van der Waals surface area contributed by atoms with Gasteiger partial charge in [-0.25, -0.2) is 0 Å². The van der Waals surface area contributed by atoms with Crippen LogP contribution in [0, 0.1) is 6.92 Å². The van der Waals surface area contributed by atoms with Gasteiger partial charge in [-0.2, -0.15) is 0 Å². The summed E-state index contributed by atoms with van der Waals surface area (Å²) in [6.45, 7) is 3.98. The minimum absolute atomic E-state index is 0.606. The van der Waals surface area contributed by atoms with E-state index in [4.69, 9.17) is 0 Å². The summed E-state index contributed by atoms with van der Waals surface area (Å²) in [6, 6.07) is 8.01. The number of nitrogens with zero attached hydrogens (tertiary/aromatic N) is 2. The molecule has 0 radical (unpaired) electrons. The van der Waals surface area contributed by atoms with Gasteiger partial charge in [0.25, 0.3) is 0 Å². The van der Waals surface area contributed by atoms with Crippen molar-refractivity contribution in [3.63, 3.8) is 0 Å². The molecule has 1 aromatic carbocycles. The Morgan fingerprint density at radius 3 is 2.50 bits per heavy atom. The number of aliphatic hydroxyl groups excluding tert-OH is 1. The average molecular weight is 234 g/mol. The SMILES string of the molecule is CCc1ccc(C(O)c2snnc2C)cc1. The van der Waals surface area contributed by atoms with Crippen LogP contribution in [-0.2, 0) is 6.42 Å². The Balaban J connectivity index is 2.27. The van der Waals surface area contributed by atoms with Crippen LogP contribution in [0.25, 0.3) is 0 Å². The molecule has 4 heteroatoms. The van der Waals surface area contributed by atoms with Crippen molar-refractivity contribution >= 4 is 11.5 Å². The molecule has 1 unspecified atom stereocenters. The van der Waals surface area contributed by atoms with E-state index in [-0.39, 0.29) is 0 Å². The topological polar surface area (TPSA) is 46.0 Å². The van der Waals surface area contributed by atoms with E-state index < -0.39 is 6.10 Å². The van der Waals surface area contributed by atoms with Crippen LogP contribution in [0.2, 0.25) is 0 Å². The molecule has 0 saturated carbocycles. The van der Waals surface area contributed by atoms with Crippen molar-refractivity contribution in [3.05, 3.63) is 46.0 Å². The monoisotopic (exact) mass is 234 g/mol. The molecular formula is C12H14N2OS. The van der Waals surface area contributed by atoms with E-state index in [0.29, 0.717) is 0 Å². The van der Waals surface area contributed by atoms with E-state index in [0.717, 1.165) is 22.6 Å². The van der Waals surface area contributed by atoms with Crippen LogP contribution >= 0.6 is 11.5 Å². The van der Waals surface area contributed by atoms with Crippen LogP contribution in [0.3, 0.4) is 0 Å². The molecule has 2 aromatic rings. The van der Waals surface area contributed by atoms with Crippen LogP contribution in [-0.4, -0.2) is 14.7 Å². The first-order valence-corrected chi connectivity index (χ1v) is 6.05. The summed E-state index contributed by atoms with van der Waals surface area (Å²) in [5, 5.41) is 14.1. The first-order chi connectivity index (χ1) is 7.72. The maximum absolute atomic E-state index is 10.2. The van der Waals surface area contributed by atoms with Gasteiger partial charge in [0.2, 0.25) is 0 Å². The van der Waals surface area contributed by atoms with Gasteiger partial charge in [0, 0.05) is 0 Å². The molecule has 1 atom stereocenters. The highest BCUT2D eigenvalue weighted by atomic mass is 32.1. The molecule has 1 heterocycles. The quantitative estimate of drug-likeness (QED) is 0.887.